The van der Waals surface area contributed by atoms with E-state index in [1.54, 1.807) is 66.0 Å². The number of nitrogens with one attached hydrogen (secondary N) is 1. The van der Waals surface area contributed by atoms with E-state index in [4.69, 9.17) is 31.9 Å². The maximum atomic E-state index is 13.3. The molecule has 3 aromatic rings. The molecule has 1 atom stereocenters. The Hall–Kier alpha value is -3.22. The number of ether oxygens (including phenoxy) is 2. The number of aromatic nitrogens is 1. The van der Waals surface area contributed by atoms with Crippen LogP contribution in [0, 0.1) is 19.3 Å². The number of fused-ring (bicyclic) bond motifs is 1. The zero-order chi connectivity index (χ0) is 27.5. The van der Waals surface area contributed by atoms with Crippen LogP contribution in [0.1, 0.15) is 57.7 Å². The van der Waals surface area contributed by atoms with Crippen molar-refractivity contribution in [1.29, 1.82) is 0 Å². The number of hydrogen-bond acceptors (Lipinski definition) is 7. The zero-order valence-corrected chi connectivity index (χ0v) is 23.7. The maximum absolute atomic E-state index is 13.3. The van der Waals surface area contributed by atoms with Crippen molar-refractivity contribution in [1.82, 2.24) is 10.3 Å². The van der Waals surface area contributed by atoms with Crippen LogP contribution in [-0.4, -0.2) is 34.4 Å². The number of terminal acetylenes is 1. The molecule has 0 aliphatic rings. The largest absolute Gasteiger partial charge is 0.467 e. The second kappa shape index (κ2) is 11.0. The lowest BCUT2D eigenvalue weighted by molar-refractivity contribution is 0.0514. The number of carbonyl (C=O) groups is 2. The summed E-state index contributed by atoms with van der Waals surface area (Å²) in [7, 11) is 0. The minimum Gasteiger partial charge on any atom is -0.467 e. The van der Waals surface area contributed by atoms with E-state index in [1.165, 1.54) is 16.2 Å². The molecule has 198 valence electrons. The molecule has 37 heavy (non-hydrogen) atoms. The Kier molecular flexibility index (Phi) is 8.45. The van der Waals surface area contributed by atoms with Gasteiger partial charge in [0.25, 0.3) is 0 Å². The number of rotatable bonds is 6. The molecule has 0 unspecified atom stereocenters. The van der Waals surface area contributed by atoms with Crippen molar-refractivity contribution < 1.29 is 23.5 Å². The molecule has 0 fully saturated rings. The van der Waals surface area contributed by atoms with E-state index in [0.29, 0.717) is 23.4 Å². The third-order valence-electron chi connectivity index (χ3n) is 5.00. The molecule has 0 aromatic carbocycles. The average molecular weight is 546 g/mol. The Balaban J connectivity index is 2.01. The van der Waals surface area contributed by atoms with Gasteiger partial charge >= 0.3 is 12.2 Å². The molecule has 0 saturated heterocycles. The lowest BCUT2D eigenvalue weighted by Gasteiger charge is -2.27. The van der Waals surface area contributed by atoms with E-state index in [0.717, 1.165) is 15.1 Å². The van der Waals surface area contributed by atoms with E-state index in [1.807, 2.05) is 6.92 Å². The molecule has 0 spiro atoms. The highest BCUT2D eigenvalue weighted by Crippen LogP contribution is 2.39. The third kappa shape index (κ3) is 7.63. The first-order valence-electron chi connectivity index (χ1n) is 11.7. The van der Waals surface area contributed by atoms with E-state index >= 15 is 0 Å². The second-order valence-electron chi connectivity index (χ2n) is 10.5. The normalized spacial score (nSPS) is 12.6. The van der Waals surface area contributed by atoms with Gasteiger partial charge in [-0.2, -0.15) is 0 Å². The molecule has 3 rings (SSSR count). The van der Waals surface area contributed by atoms with Gasteiger partial charge < -0.3 is 19.2 Å². The lowest BCUT2D eigenvalue weighted by atomic mass is 10.1. The Bertz CT molecular complexity index is 1310. The summed E-state index contributed by atoms with van der Waals surface area (Å²) in [5.74, 6) is 3.19. The van der Waals surface area contributed by atoms with E-state index in [9.17, 15) is 9.59 Å². The summed E-state index contributed by atoms with van der Waals surface area (Å²) in [5, 5.41) is 2.96. The first kappa shape index (κ1) is 28.4. The predicted molar refractivity (Wildman–Crippen MR) is 146 cm³/mol. The number of alkyl carbamates (subject to hydrolysis) is 1. The fourth-order valence-corrected chi connectivity index (χ4v) is 4.98. The van der Waals surface area contributed by atoms with Crippen LogP contribution in [0.3, 0.4) is 0 Å². The molecule has 8 nitrogen and oxygen atoms in total. The average Bonchev–Trinajstić information content (AvgIpc) is 3.37. The lowest BCUT2D eigenvalue weighted by Crippen LogP contribution is -2.39. The minimum absolute atomic E-state index is 0.136. The molecule has 0 aliphatic heterocycles. The highest BCUT2D eigenvalue weighted by atomic mass is 35.5. The SMILES string of the molecule is C#C[C@@H](Cc1sc2c(N(Cc3ccco3)C(=O)OC(C)(C)C)cc(Cl)nc2c1C)NC(=O)OC(C)(C)C. The smallest absolute Gasteiger partial charge is 0.415 e. The van der Waals surface area contributed by atoms with Gasteiger partial charge in [-0.15, -0.1) is 17.8 Å². The number of pyridine rings is 1. The molecule has 10 heteroatoms. The number of nitrogens with zero attached hydrogens (tertiary/aromatic N) is 2. The molecule has 0 saturated carbocycles. The highest BCUT2D eigenvalue weighted by molar-refractivity contribution is 7.19. The first-order chi connectivity index (χ1) is 17.2. The Labute approximate surface area is 226 Å². The van der Waals surface area contributed by atoms with Crippen molar-refractivity contribution in [3.05, 3.63) is 45.8 Å². The monoisotopic (exact) mass is 545 g/mol. The summed E-state index contributed by atoms with van der Waals surface area (Å²) in [5.41, 5.74) is 0.682. The number of furan rings is 1. The van der Waals surface area contributed by atoms with Crippen LogP contribution in [0.2, 0.25) is 5.15 Å². The third-order valence-corrected chi connectivity index (χ3v) is 6.52. The van der Waals surface area contributed by atoms with Gasteiger partial charge in [0.05, 0.1) is 34.8 Å². The van der Waals surface area contributed by atoms with Crippen molar-refractivity contribution in [2.24, 2.45) is 0 Å². The van der Waals surface area contributed by atoms with Gasteiger partial charge in [-0.3, -0.25) is 4.90 Å². The first-order valence-corrected chi connectivity index (χ1v) is 12.9. The van der Waals surface area contributed by atoms with Crippen molar-refractivity contribution in [3.63, 3.8) is 0 Å². The highest BCUT2D eigenvalue weighted by Gasteiger charge is 2.28. The number of hydrogen-bond donors (Lipinski definition) is 1. The van der Waals surface area contributed by atoms with Crippen LogP contribution >= 0.6 is 22.9 Å². The van der Waals surface area contributed by atoms with Crippen LogP contribution in [0.15, 0.2) is 28.9 Å². The molecule has 0 aliphatic carbocycles. The fraction of sp³-hybridized carbons (Fsp3) is 0.444. The van der Waals surface area contributed by atoms with Crippen LogP contribution in [-0.2, 0) is 22.4 Å². The van der Waals surface area contributed by atoms with Crippen molar-refractivity contribution in [3.8, 4) is 12.3 Å². The summed E-state index contributed by atoms with van der Waals surface area (Å²) in [6, 6.07) is 4.56. The topological polar surface area (TPSA) is 93.9 Å². The molecule has 0 radical (unpaired) electrons. The van der Waals surface area contributed by atoms with Crippen molar-refractivity contribution >= 4 is 51.0 Å². The quantitative estimate of drug-likeness (QED) is 0.268. The maximum Gasteiger partial charge on any atom is 0.415 e. The molecule has 0 bridgehead atoms. The zero-order valence-electron chi connectivity index (χ0n) is 22.1. The second-order valence-corrected chi connectivity index (χ2v) is 12.0. The Morgan fingerprint density at radius 1 is 1.24 bits per heavy atom. The summed E-state index contributed by atoms with van der Waals surface area (Å²) >= 11 is 7.85. The summed E-state index contributed by atoms with van der Waals surface area (Å²) in [4.78, 5) is 32.5. The molecular weight excluding hydrogens is 514 g/mol. The summed E-state index contributed by atoms with van der Waals surface area (Å²) in [6.07, 6.45) is 6.48. The fourth-order valence-electron chi connectivity index (χ4n) is 3.48. The van der Waals surface area contributed by atoms with Gasteiger partial charge in [-0.05, 0) is 66.2 Å². The van der Waals surface area contributed by atoms with Crippen LogP contribution in [0.25, 0.3) is 10.2 Å². The number of anilines is 1. The Morgan fingerprint density at radius 3 is 2.49 bits per heavy atom. The molecule has 3 heterocycles. The number of amides is 2. The summed E-state index contributed by atoms with van der Waals surface area (Å²) < 4.78 is 17.3. The standard InChI is InChI=1S/C27H32ClN3O5S/c1-9-17(29-24(32)35-26(3,4)5)13-20-16(2)22-23(37-20)19(14-21(28)30-22)31(15-18-11-10-12-34-18)25(33)36-27(6,7)8/h1,10-12,14,17H,13,15H2,2-8H3,(H,29,32)/t17-/m0/s1. The molecule has 2 amide bonds. The van der Waals surface area contributed by atoms with E-state index in [-0.39, 0.29) is 11.7 Å². The van der Waals surface area contributed by atoms with Gasteiger partial charge in [0, 0.05) is 17.4 Å². The Morgan fingerprint density at radius 2 is 1.92 bits per heavy atom. The number of thiophene rings is 1. The minimum atomic E-state index is -0.710. The predicted octanol–water partition coefficient (Wildman–Crippen LogP) is 6.86. The van der Waals surface area contributed by atoms with E-state index < -0.39 is 29.4 Å². The van der Waals surface area contributed by atoms with E-state index in [2.05, 4.69) is 16.2 Å². The number of halogens is 1. The molecule has 3 aromatic heterocycles. The van der Waals surface area contributed by atoms with Gasteiger partial charge in [0.1, 0.15) is 22.1 Å². The van der Waals surface area contributed by atoms with Crippen LogP contribution in [0.4, 0.5) is 15.3 Å². The molecule has 1 N–H and O–H groups in total. The molecular formula is C27H32ClN3O5S. The van der Waals surface area contributed by atoms with Crippen LogP contribution in [0.5, 0.6) is 0 Å². The van der Waals surface area contributed by atoms with Gasteiger partial charge in [-0.25, -0.2) is 14.6 Å². The van der Waals surface area contributed by atoms with Crippen LogP contribution < -0.4 is 10.2 Å². The van der Waals surface area contributed by atoms with Gasteiger partial charge in [-0.1, -0.05) is 17.5 Å². The van der Waals surface area contributed by atoms with Gasteiger partial charge in [0.2, 0.25) is 0 Å². The summed E-state index contributed by atoms with van der Waals surface area (Å²) in [6.45, 7) is 12.8. The van der Waals surface area contributed by atoms with Crippen molar-refractivity contribution in [2.75, 3.05) is 4.90 Å². The van der Waals surface area contributed by atoms with Crippen molar-refractivity contribution in [2.45, 2.75) is 78.7 Å². The number of carbonyl (C=O) groups excluding carboxylic acids is 2. The van der Waals surface area contributed by atoms with Gasteiger partial charge in [0.15, 0.2) is 0 Å². The number of aryl methyl sites for hydroxylation is 1.